The summed E-state index contributed by atoms with van der Waals surface area (Å²) in [7, 11) is -4.20. The van der Waals surface area contributed by atoms with E-state index in [1.165, 1.54) is 24.3 Å². The Hall–Kier alpha value is -2.52. The standard InChI is InChI=1S/C21H16Cl2F2N2O3S/c22-15-6-9-20(17(23)10-15)31(29,30)27(12-14-4-2-1-3-5-14)13-21(28)26-16-7-8-18(24)19(25)11-16/h1-11H,12-13H2,(H,26,28). The normalized spacial score (nSPS) is 11.5. The summed E-state index contributed by atoms with van der Waals surface area (Å²) in [5.74, 6) is -2.95. The van der Waals surface area contributed by atoms with Crippen molar-refractivity contribution >= 4 is 44.8 Å². The molecule has 0 aromatic heterocycles. The van der Waals surface area contributed by atoms with Gasteiger partial charge in [0, 0.05) is 23.3 Å². The molecule has 0 aliphatic carbocycles. The van der Waals surface area contributed by atoms with Gasteiger partial charge < -0.3 is 5.32 Å². The van der Waals surface area contributed by atoms with E-state index in [-0.39, 0.29) is 27.2 Å². The number of benzene rings is 3. The van der Waals surface area contributed by atoms with Crippen LogP contribution >= 0.6 is 23.2 Å². The molecule has 3 aromatic rings. The molecule has 3 rings (SSSR count). The van der Waals surface area contributed by atoms with Crippen LogP contribution in [-0.2, 0) is 21.4 Å². The van der Waals surface area contributed by atoms with Crippen LogP contribution in [0, 0.1) is 11.6 Å². The van der Waals surface area contributed by atoms with Crippen molar-refractivity contribution in [3.05, 3.63) is 94.0 Å². The van der Waals surface area contributed by atoms with Gasteiger partial charge in [-0.15, -0.1) is 0 Å². The quantitative estimate of drug-likeness (QED) is 0.507. The molecule has 1 N–H and O–H groups in total. The van der Waals surface area contributed by atoms with Crippen molar-refractivity contribution in [1.29, 1.82) is 0 Å². The minimum atomic E-state index is -4.20. The second-order valence-electron chi connectivity index (χ2n) is 6.51. The lowest BCUT2D eigenvalue weighted by Gasteiger charge is -2.22. The zero-order chi connectivity index (χ0) is 22.6. The van der Waals surface area contributed by atoms with Crippen LogP contribution in [0.2, 0.25) is 10.0 Å². The molecule has 162 valence electrons. The highest BCUT2D eigenvalue weighted by molar-refractivity contribution is 7.89. The fourth-order valence-electron chi connectivity index (χ4n) is 2.77. The molecule has 1 amide bonds. The Bertz CT molecular complexity index is 1210. The molecule has 0 saturated heterocycles. The molecular weight excluding hydrogens is 469 g/mol. The summed E-state index contributed by atoms with van der Waals surface area (Å²) in [6.45, 7) is -0.706. The summed E-state index contributed by atoms with van der Waals surface area (Å²) in [6.07, 6.45) is 0. The second-order valence-corrected chi connectivity index (χ2v) is 9.26. The highest BCUT2D eigenvalue weighted by Gasteiger charge is 2.29. The molecule has 0 heterocycles. The zero-order valence-electron chi connectivity index (χ0n) is 15.9. The largest absolute Gasteiger partial charge is 0.325 e. The van der Waals surface area contributed by atoms with Crippen molar-refractivity contribution < 1.29 is 22.0 Å². The number of halogens is 4. The zero-order valence-corrected chi connectivity index (χ0v) is 18.2. The molecule has 0 bridgehead atoms. The number of carbonyl (C=O) groups excluding carboxylic acids is 1. The monoisotopic (exact) mass is 484 g/mol. The number of hydrogen-bond acceptors (Lipinski definition) is 3. The molecule has 10 heteroatoms. The van der Waals surface area contributed by atoms with Crippen molar-refractivity contribution in [2.24, 2.45) is 0 Å². The maximum Gasteiger partial charge on any atom is 0.245 e. The molecule has 0 spiro atoms. The number of rotatable bonds is 7. The van der Waals surface area contributed by atoms with E-state index in [0.717, 1.165) is 16.4 Å². The Kier molecular flexibility index (Phi) is 7.27. The minimum Gasteiger partial charge on any atom is -0.325 e. The summed E-state index contributed by atoms with van der Waals surface area (Å²) < 4.78 is 54.0. The van der Waals surface area contributed by atoms with E-state index in [2.05, 4.69) is 5.32 Å². The van der Waals surface area contributed by atoms with E-state index in [9.17, 15) is 22.0 Å². The van der Waals surface area contributed by atoms with Gasteiger partial charge in [-0.25, -0.2) is 17.2 Å². The number of nitrogens with one attached hydrogen (secondary N) is 1. The maximum absolute atomic E-state index is 13.4. The van der Waals surface area contributed by atoms with Crippen molar-refractivity contribution in [3.63, 3.8) is 0 Å². The van der Waals surface area contributed by atoms with Gasteiger partial charge in [0.1, 0.15) is 4.90 Å². The molecule has 0 atom stereocenters. The molecule has 0 unspecified atom stereocenters. The summed E-state index contributed by atoms with van der Waals surface area (Å²) >= 11 is 12.0. The van der Waals surface area contributed by atoms with Gasteiger partial charge in [0.2, 0.25) is 15.9 Å². The first-order valence-electron chi connectivity index (χ1n) is 8.91. The molecule has 5 nitrogen and oxygen atoms in total. The van der Waals surface area contributed by atoms with Crippen molar-refractivity contribution in [2.75, 3.05) is 11.9 Å². The van der Waals surface area contributed by atoms with Gasteiger partial charge in [0.05, 0.1) is 11.6 Å². The fraction of sp³-hybridized carbons (Fsp3) is 0.0952. The van der Waals surface area contributed by atoms with Gasteiger partial charge in [-0.2, -0.15) is 4.31 Å². The van der Waals surface area contributed by atoms with E-state index in [0.29, 0.717) is 5.56 Å². The van der Waals surface area contributed by atoms with Crippen LogP contribution in [0.1, 0.15) is 5.56 Å². The van der Waals surface area contributed by atoms with Gasteiger partial charge >= 0.3 is 0 Å². The van der Waals surface area contributed by atoms with E-state index in [1.54, 1.807) is 30.3 Å². The van der Waals surface area contributed by atoms with Crippen LogP contribution in [0.3, 0.4) is 0 Å². The minimum absolute atomic E-state index is 0.00881. The number of nitrogens with zero attached hydrogens (tertiary/aromatic N) is 1. The molecule has 0 aliphatic rings. The average Bonchev–Trinajstić information content (AvgIpc) is 2.71. The van der Waals surface area contributed by atoms with Gasteiger partial charge in [0.15, 0.2) is 11.6 Å². The second kappa shape index (κ2) is 9.74. The smallest absolute Gasteiger partial charge is 0.245 e. The molecule has 0 saturated carbocycles. The van der Waals surface area contributed by atoms with Crippen LogP contribution in [0.15, 0.2) is 71.6 Å². The molecular formula is C21H16Cl2F2N2O3S. The molecule has 0 radical (unpaired) electrons. The van der Waals surface area contributed by atoms with Crippen LogP contribution in [0.25, 0.3) is 0 Å². The van der Waals surface area contributed by atoms with Crippen molar-refractivity contribution in [2.45, 2.75) is 11.4 Å². The van der Waals surface area contributed by atoms with E-state index in [4.69, 9.17) is 23.2 Å². The number of hydrogen-bond donors (Lipinski definition) is 1. The van der Waals surface area contributed by atoms with Crippen LogP contribution in [-0.4, -0.2) is 25.2 Å². The Balaban J connectivity index is 1.90. The third-order valence-electron chi connectivity index (χ3n) is 4.24. The third-order valence-corrected chi connectivity index (χ3v) is 6.75. The predicted molar refractivity (Wildman–Crippen MR) is 115 cm³/mol. The number of sulfonamides is 1. The van der Waals surface area contributed by atoms with Crippen LogP contribution in [0.5, 0.6) is 0 Å². The molecule has 0 fully saturated rings. The Morgan fingerprint density at radius 1 is 0.935 bits per heavy atom. The maximum atomic E-state index is 13.4. The van der Waals surface area contributed by atoms with Crippen LogP contribution in [0.4, 0.5) is 14.5 Å². The molecule has 0 aliphatic heterocycles. The van der Waals surface area contributed by atoms with Gasteiger partial charge in [-0.1, -0.05) is 53.5 Å². The lowest BCUT2D eigenvalue weighted by molar-refractivity contribution is -0.116. The predicted octanol–water partition coefficient (Wildman–Crippen LogP) is 5.10. The van der Waals surface area contributed by atoms with E-state index < -0.39 is 34.1 Å². The number of anilines is 1. The third kappa shape index (κ3) is 5.80. The molecule has 3 aromatic carbocycles. The van der Waals surface area contributed by atoms with E-state index in [1.807, 2.05) is 0 Å². The first kappa shape index (κ1) is 23.1. The summed E-state index contributed by atoms with van der Waals surface area (Å²) in [4.78, 5) is 12.3. The highest BCUT2D eigenvalue weighted by atomic mass is 35.5. The molecule has 31 heavy (non-hydrogen) atoms. The fourth-order valence-corrected chi connectivity index (χ4v) is 4.90. The van der Waals surface area contributed by atoms with Crippen molar-refractivity contribution in [1.82, 2.24) is 4.31 Å². The number of carbonyl (C=O) groups is 1. The van der Waals surface area contributed by atoms with Crippen LogP contribution < -0.4 is 5.32 Å². The lowest BCUT2D eigenvalue weighted by atomic mass is 10.2. The lowest BCUT2D eigenvalue weighted by Crippen LogP contribution is -2.37. The van der Waals surface area contributed by atoms with Gasteiger partial charge in [0.25, 0.3) is 0 Å². The van der Waals surface area contributed by atoms with Gasteiger partial charge in [-0.05, 0) is 35.9 Å². The Morgan fingerprint density at radius 2 is 1.65 bits per heavy atom. The highest BCUT2D eigenvalue weighted by Crippen LogP contribution is 2.28. The Labute approximate surface area is 188 Å². The SMILES string of the molecule is O=C(CN(Cc1ccccc1)S(=O)(=O)c1ccc(Cl)cc1Cl)Nc1ccc(F)c(F)c1. The first-order valence-corrected chi connectivity index (χ1v) is 11.1. The summed E-state index contributed by atoms with van der Waals surface area (Å²) in [6, 6.07) is 15.4. The number of amides is 1. The topological polar surface area (TPSA) is 66.5 Å². The average molecular weight is 485 g/mol. The Morgan fingerprint density at radius 3 is 2.29 bits per heavy atom. The summed E-state index contributed by atoms with van der Waals surface area (Å²) in [5.41, 5.74) is 0.627. The van der Waals surface area contributed by atoms with E-state index >= 15 is 0 Å². The van der Waals surface area contributed by atoms with Crippen molar-refractivity contribution in [3.8, 4) is 0 Å². The summed E-state index contributed by atoms with van der Waals surface area (Å²) in [5, 5.41) is 2.54. The van der Waals surface area contributed by atoms with Gasteiger partial charge in [-0.3, -0.25) is 4.79 Å². The first-order chi connectivity index (χ1) is 14.7.